The molecule has 0 atom stereocenters. The van der Waals surface area contributed by atoms with Crippen molar-refractivity contribution in [3.63, 3.8) is 0 Å². The molecule has 1 N–H and O–H groups in total. The van der Waals surface area contributed by atoms with Crippen LogP contribution >= 0.6 is 11.6 Å². The Hall–Kier alpha value is -2.28. The van der Waals surface area contributed by atoms with Gasteiger partial charge in [0.25, 0.3) is 0 Å². The molecule has 0 radical (unpaired) electrons. The number of benzene rings is 2. The zero-order valence-corrected chi connectivity index (χ0v) is 23.4. The van der Waals surface area contributed by atoms with Gasteiger partial charge in [-0.1, -0.05) is 69.2 Å². The van der Waals surface area contributed by atoms with Crippen molar-refractivity contribution in [1.82, 2.24) is 0 Å². The summed E-state index contributed by atoms with van der Waals surface area (Å²) in [5, 5.41) is 11.8. The minimum absolute atomic E-state index is 0.0663. The molecular formula is C31H42ClFNO4+. The first-order valence-corrected chi connectivity index (χ1v) is 14.5. The van der Waals surface area contributed by atoms with Crippen molar-refractivity contribution in [1.29, 1.82) is 0 Å². The van der Waals surface area contributed by atoms with Crippen molar-refractivity contribution in [2.45, 2.75) is 89.6 Å². The highest BCUT2D eigenvalue weighted by Crippen LogP contribution is 2.39. The number of unbranched alkanes of at least 4 members (excludes halogenated alkanes) is 6. The number of hydrogen-bond donors (Lipinski definition) is 1. The van der Waals surface area contributed by atoms with E-state index in [4.69, 9.17) is 16.3 Å². The van der Waals surface area contributed by atoms with Gasteiger partial charge in [-0.25, -0.2) is 9.60 Å². The van der Waals surface area contributed by atoms with E-state index in [2.05, 4.69) is 6.92 Å². The number of likely N-dealkylation sites (tertiary alicyclic amines) is 1. The lowest BCUT2D eigenvalue weighted by molar-refractivity contribution is -1.11. The number of esters is 1. The summed E-state index contributed by atoms with van der Waals surface area (Å²) in [6, 6.07) is 13.0. The van der Waals surface area contributed by atoms with E-state index in [9.17, 15) is 19.2 Å². The van der Waals surface area contributed by atoms with Crippen LogP contribution in [0.15, 0.2) is 48.5 Å². The first-order valence-electron chi connectivity index (χ1n) is 14.1. The van der Waals surface area contributed by atoms with Gasteiger partial charge in [0, 0.05) is 42.7 Å². The standard InChI is InChI=1S/C31H42ClFNO4/c1-2-3-4-5-6-7-8-11-30(36)38-31(26-14-16-27(32)17-15-26)20-23-34(37,24-21-31)22-9-10-29(35)25-12-18-28(33)19-13-25/h12-19,37H,2-11,20-24H2,1H3/q+1. The zero-order chi connectivity index (χ0) is 27.4. The Morgan fingerprint density at radius 2 is 1.50 bits per heavy atom. The van der Waals surface area contributed by atoms with Crippen molar-refractivity contribution < 1.29 is 28.6 Å². The van der Waals surface area contributed by atoms with Crippen molar-refractivity contribution >= 4 is 23.4 Å². The van der Waals surface area contributed by atoms with Crippen LogP contribution in [0.2, 0.25) is 5.02 Å². The molecular weight excluding hydrogens is 505 g/mol. The maximum Gasteiger partial charge on any atom is 0.306 e. The fraction of sp³-hybridized carbons (Fsp3) is 0.548. The Labute approximate surface area is 231 Å². The second-order valence-electron chi connectivity index (χ2n) is 10.6. The number of carbonyl (C=O) groups is 2. The van der Waals surface area contributed by atoms with Gasteiger partial charge in [0.2, 0.25) is 0 Å². The number of piperidine rings is 1. The number of quaternary nitrogens is 1. The van der Waals surface area contributed by atoms with E-state index in [1.165, 1.54) is 49.9 Å². The van der Waals surface area contributed by atoms with Gasteiger partial charge in [0.15, 0.2) is 5.78 Å². The Morgan fingerprint density at radius 3 is 2.13 bits per heavy atom. The summed E-state index contributed by atoms with van der Waals surface area (Å²) in [7, 11) is 0. The minimum atomic E-state index is -0.794. The summed E-state index contributed by atoms with van der Waals surface area (Å²) >= 11 is 6.11. The summed E-state index contributed by atoms with van der Waals surface area (Å²) in [4.78, 5) is 25.3. The molecule has 0 bridgehead atoms. The van der Waals surface area contributed by atoms with Crippen LogP contribution in [0, 0.1) is 5.82 Å². The highest BCUT2D eigenvalue weighted by Gasteiger charge is 2.46. The van der Waals surface area contributed by atoms with Gasteiger partial charge in [-0.05, 0) is 48.4 Å². The lowest BCUT2D eigenvalue weighted by Crippen LogP contribution is -2.55. The maximum atomic E-state index is 13.1. The summed E-state index contributed by atoms with van der Waals surface area (Å²) in [6.45, 7) is 3.46. The number of nitrogens with zero attached hydrogens (tertiary/aromatic N) is 1. The van der Waals surface area contributed by atoms with Crippen LogP contribution in [0.4, 0.5) is 4.39 Å². The van der Waals surface area contributed by atoms with E-state index in [1.54, 1.807) is 12.1 Å². The third kappa shape index (κ3) is 9.18. The van der Waals surface area contributed by atoms with Crippen LogP contribution in [0.1, 0.15) is 99.9 Å². The molecule has 208 valence electrons. The Balaban J connectivity index is 1.54. The molecule has 0 aliphatic carbocycles. The van der Waals surface area contributed by atoms with Gasteiger partial charge in [-0.2, -0.15) is 4.65 Å². The van der Waals surface area contributed by atoms with E-state index in [0.717, 1.165) is 24.8 Å². The van der Waals surface area contributed by atoms with Crippen molar-refractivity contribution in [3.8, 4) is 0 Å². The fourth-order valence-electron chi connectivity index (χ4n) is 5.25. The average molecular weight is 547 g/mol. The Morgan fingerprint density at radius 1 is 0.895 bits per heavy atom. The lowest BCUT2D eigenvalue weighted by Gasteiger charge is -2.43. The van der Waals surface area contributed by atoms with Crippen LogP contribution in [0.5, 0.6) is 0 Å². The molecule has 2 aromatic rings. The van der Waals surface area contributed by atoms with Crippen molar-refractivity contribution in [2.24, 2.45) is 0 Å². The first-order chi connectivity index (χ1) is 18.3. The number of halogens is 2. The SMILES string of the molecule is CCCCCCCCCC(=O)OC1(c2ccc(Cl)cc2)CC[N+](O)(CCCC(=O)c2ccc(F)cc2)CC1. The second-order valence-corrected chi connectivity index (χ2v) is 11.1. The molecule has 1 heterocycles. The number of Topliss-reactive ketones (excluding diaryl/α,β-unsaturated/α-hetero) is 1. The number of rotatable bonds is 15. The van der Waals surface area contributed by atoms with Gasteiger partial charge in [-0.15, -0.1) is 0 Å². The number of hydrogen-bond acceptors (Lipinski definition) is 4. The molecule has 0 amide bonds. The van der Waals surface area contributed by atoms with E-state index in [-0.39, 0.29) is 28.6 Å². The Bertz CT molecular complexity index is 1020. The van der Waals surface area contributed by atoms with Crippen LogP contribution in [0.25, 0.3) is 0 Å². The normalized spacial score (nSPS) is 21.3. The quantitative estimate of drug-likeness (QED) is 0.106. The third-order valence-corrected chi connectivity index (χ3v) is 7.92. The first kappa shape index (κ1) is 30.3. The fourth-order valence-corrected chi connectivity index (χ4v) is 5.38. The van der Waals surface area contributed by atoms with E-state index >= 15 is 0 Å². The summed E-state index contributed by atoms with van der Waals surface area (Å²) in [5.74, 6) is -0.637. The molecule has 3 rings (SSSR count). The predicted molar refractivity (Wildman–Crippen MR) is 148 cm³/mol. The molecule has 1 aliphatic heterocycles. The van der Waals surface area contributed by atoms with Crippen LogP contribution in [-0.4, -0.2) is 41.2 Å². The summed E-state index contributed by atoms with van der Waals surface area (Å²) in [5.41, 5.74) is 0.578. The van der Waals surface area contributed by atoms with E-state index < -0.39 is 5.60 Å². The molecule has 0 spiro atoms. The van der Waals surface area contributed by atoms with E-state index in [0.29, 0.717) is 55.9 Å². The molecule has 1 fully saturated rings. The summed E-state index contributed by atoms with van der Waals surface area (Å²) in [6.07, 6.45) is 10.1. The van der Waals surface area contributed by atoms with Gasteiger partial charge in [0.1, 0.15) is 31.1 Å². The molecule has 38 heavy (non-hydrogen) atoms. The number of hydroxylamine groups is 3. The number of ketones is 1. The monoisotopic (exact) mass is 546 g/mol. The third-order valence-electron chi connectivity index (χ3n) is 7.67. The summed E-state index contributed by atoms with van der Waals surface area (Å²) < 4.78 is 19.1. The molecule has 7 heteroatoms. The van der Waals surface area contributed by atoms with Gasteiger partial charge in [-0.3, -0.25) is 9.59 Å². The highest BCUT2D eigenvalue weighted by molar-refractivity contribution is 6.30. The minimum Gasteiger partial charge on any atom is -0.454 e. The molecule has 0 aromatic heterocycles. The predicted octanol–water partition coefficient (Wildman–Crippen LogP) is 8.02. The highest BCUT2D eigenvalue weighted by atomic mass is 35.5. The topological polar surface area (TPSA) is 63.6 Å². The number of ether oxygens (including phenoxy) is 1. The molecule has 0 saturated carbocycles. The lowest BCUT2D eigenvalue weighted by atomic mass is 9.83. The zero-order valence-electron chi connectivity index (χ0n) is 22.6. The van der Waals surface area contributed by atoms with Crippen molar-refractivity contribution in [2.75, 3.05) is 19.6 Å². The second kappa shape index (κ2) is 14.8. The largest absolute Gasteiger partial charge is 0.454 e. The molecule has 1 aliphatic rings. The molecule has 2 aromatic carbocycles. The van der Waals surface area contributed by atoms with E-state index in [1.807, 2.05) is 12.1 Å². The van der Waals surface area contributed by atoms with Gasteiger partial charge < -0.3 is 4.74 Å². The van der Waals surface area contributed by atoms with Crippen LogP contribution in [0.3, 0.4) is 0 Å². The van der Waals surface area contributed by atoms with Gasteiger partial charge >= 0.3 is 5.97 Å². The van der Waals surface area contributed by atoms with Crippen LogP contribution in [-0.2, 0) is 15.1 Å². The molecule has 5 nitrogen and oxygen atoms in total. The van der Waals surface area contributed by atoms with Crippen LogP contribution < -0.4 is 0 Å². The van der Waals surface area contributed by atoms with Crippen molar-refractivity contribution in [3.05, 3.63) is 70.5 Å². The van der Waals surface area contributed by atoms with Gasteiger partial charge in [0.05, 0.1) is 0 Å². The number of carbonyl (C=O) groups excluding carboxylic acids is 2. The smallest absolute Gasteiger partial charge is 0.306 e. The Kier molecular flexibility index (Phi) is 11.8. The molecule has 1 saturated heterocycles. The average Bonchev–Trinajstić information content (AvgIpc) is 2.90. The maximum absolute atomic E-state index is 13.1. The molecule has 0 unspecified atom stereocenters.